The zero-order valence-corrected chi connectivity index (χ0v) is 9.16. The van der Waals surface area contributed by atoms with Crippen molar-refractivity contribution in [3.8, 4) is 22.8 Å². The van der Waals surface area contributed by atoms with Gasteiger partial charge in [-0.15, -0.1) is 10.2 Å². The molecule has 0 bridgehead atoms. The molecular weight excluding hydrogens is 232 g/mol. The Morgan fingerprint density at radius 3 is 2.78 bits per heavy atom. The number of hydrogen-bond acceptors (Lipinski definition) is 4. The highest BCUT2D eigenvalue weighted by atomic mass is 16.4. The van der Waals surface area contributed by atoms with Crippen LogP contribution in [0.5, 0.6) is 0 Å². The molecule has 1 aromatic carbocycles. The number of benzene rings is 1. The average molecular weight is 240 g/mol. The molecule has 6 nitrogen and oxygen atoms in total. The first-order valence-corrected chi connectivity index (χ1v) is 5.26. The van der Waals surface area contributed by atoms with Gasteiger partial charge in [-0.05, 0) is 23.4 Å². The fraction of sp³-hybridized carbons (Fsp3) is 0. The van der Waals surface area contributed by atoms with E-state index in [1.165, 1.54) is 0 Å². The standard InChI is InChI=1S/C12H8N4O2/c17-12(18)8-4-2-1-3-7(8)9-5-6-10-11(13-9)15-16-14-10/h1-6H,(H,17,18)(H,13,14,15,16). The summed E-state index contributed by atoms with van der Waals surface area (Å²) in [5, 5.41) is 20.3. The summed E-state index contributed by atoms with van der Waals surface area (Å²) in [6.07, 6.45) is 0. The van der Waals surface area contributed by atoms with Crippen molar-refractivity contribution in [1.29, 1.82) is 0 Å². The third-order valence-corrected chi connectivity index (χ3v) is 2.65. The van der Waals surface area contributed by atoms with Crippen molar-refractivity contribution >= 4 is 5.97 Å². The van der Waals surface area contributed by atoms with Gasteiger partial charge in [-0.3, -0.25) is 0 Å². The van der Waals surface area contributed by atoms with Gasteiger partial charge in [-0.25, -0.2) is 4.79 Å². The molecule has 88 valence electrons. The molecule has 2 heterocycles. The summed E-state index contributed by atoms with van der Waals surface area (Å²) in [5.74, 6) is -0.432. The molecule has 1 aromatic rings. The van der Waals surface area contributed by atoms with Gasteiger partial charge in [0.05, 0.1) is 5.56 Å². The molecule has 0 spiro atoms. The summed E-state index contributed by atoms with van der Waals surface area (Å²) >= 11 is 0. The van der Waals surface area contributed by atoms with Crippen molar-refractivity contribution < 1.29 is 9.90 Å². The van der Waals surface area contributed by atoms with Crippen LogP contribution in [-0.4, -0.2) is 31.5 Å². The van der Waals surface area contributed by atoms with Crippen molar-refractivity contribution in [1.82, 2.24) is 20.4 Å². The molecule has 2 N–H and O–H groups in total. The fourth-order valence-corrected chi connectivity index (χ4v) is 1.81. The molecule has 2 aliphatic rings. The van der Waals surface area contributed by atoms with Crippen LogP contribution in [0.4, 0.5) is 0 Å². The lowest BCUT2D eigenvalue weighted by Gasteiger charge is -2.07. The summed E-state index contributed by atoms with van der Waals surface area (Å²) in [6, 6.07) is 10.3. The first-order valence-electron chi connectivity index (χ1n) is 5.26. The van der Waals surface area contributed by atoms with Gasteiger partial charge in [0.25, 0.3) is 0 Å². The van der Waals surface area contributed by atoms with Crippen LogP contribution in [0, 0.1) is 0 Å². The third-order valence-electron chi connectivity index (χ3n) is 2.65. The van der Waals surface area contributed by atoms with Crippen LogP contribution in [-0.2, 0) is 0 Å². The minimum atomic E-state index is -0.967. The monoisotopic (exact) mass is 240 g/mol. The number of hydrogen-bond donors (Lipinski definition) is 2. The highest BCUT2D eigenvalue weighted by molar-refractivity contribution is 5.95. The molecule has 0 aromatic heterocycles. The van der Waals surface area contributed by atoms with Gasteiger partial charge < -0.3 is 10.1 Å². The van der Waals surface area contributed by atoms with E-state index in [0.29, 0.717) is 22.8 Å². The SMILES string of the molecule is O=C(O)c1ccccc1-c1ccc2nnnc-2[nH]1. The molecule has 0 radical (unpaired) electrons. The van der Waals surface area contributed by atoms with Crippen LogP contribution in [0.2, 0.25) is 0 Å². The number of carbonyl (C=O) groups is 1. The first kappa shape index (κ1) is 10.4. The highest BCUT2D eigenvalue weighted by Crippen LogP contribution is 2.24. The van der Waals surface area contributed by atoms with Crippen LogP contribution in [0.25, 0.3) is 22.8 Å². The van der Waals surface area contributed by atoms with Gasteiger partial charge in [0.2, 0.25) is 0 Å². The maximum absolute atomic E-state index is 11.2. The molecule has 0 unspecified atom stereocenters. The second kappa shape index (κ2) is 3.92. The van der Waals surface area contributed by atoms with Crippen LogP contribution in [0.1, 0.15) is 10.4 Å². The lowest BCUT2D eigenvalue weighted by atomic mass is 10.0. The Balaban J connectivity index is 2.21. The highest BCUT2D eigenvalue weighted by Gasteiger charge is 2.14. The van der Waals surface area contributed by atoms with Crippen molar-refractivity contribution in [2.45, 2.75) is 0 Å². The Morgan fingerprint density at radius 1 is 1.11 bits per heavy atom. The number of H-pyrrole nitrogens is 1. The fourth-order valence-electron chi connectivity index (χ4n) is 1.81. The molecule has 0 atom stereocenters. The molecule has 18 heavy (non-hydrogen) atoms. The lowest BCUT2D eigenvalue weighted by molar-refractivity contribution is 0.0697. The number of fused-ring (bicyclic) bond motifs is 1. The van der Waals surface area contributed by atoms with Gasteiger partial charge in [0.15, 0.2) is 5.82 Å². The molecule has 0 saturated carbocycles. The topological polar surface area (TPSA) is 91.8 Å². The van der Waals surface area contributed by atoms with Gasteiger partial charge >= 0.3 is 5.97 Å². The van der Waals surface area contributed by atoms with Crippen molar-refractivity contribution in [3.63, 3.8) is 0 Å². The molecule has 0 aliphatic carbocycles. The molecule has 0 fully saturated rings. The largest absolute Gasteiger partial charge is 0.478 e. The molecule has 3 rings (SSSR count). The second-order valence-electron chi connectivity index (χ2n) is 3.75. The zero-order chi connectivity index (χ0) is 12.5. The van der Waals surface area contributed by atoms with E-state index >= 15 is 0 Å². The molecular formula is C12H8N4O2. The van der Waals surface area contributed by atoms with Crippen molar-refractivity contribution in [3.05, 3.63) is 42.0 Å². The minimum Gasteiger partial charge on any atom is -0.478 e. The molecule has 0 saturated heterocycles. The van der Waals surface area contributed by atoms with E-state index in [9.17, 15) is 4.79 Å². The summed E-state index contributed by atoms with van der Waals surface area (Å²) in [4.78, 5) is 14.2. The number of nitrogens with zero attached hydrogens (tertiary/aromatic N) is 3. The first-order chi connectivity index (χ1) is 8.75. The van der Waals surface area contributed by atoms with E-state index in [0.717, 1.165) is 0 Å². The van der Waals surface area contributed by atoms with Crippen LogP contribution >= 0.6 is 0 Å². The number of carboxylic acids is 1. The van der Waals surface area contributed by atoms with Gasteiger partial charge in [-0.2, -0.15) is 0 Å². The number of aromatic nitrogens is 4. The van der Waals surface area contributed by atoms with E-state index in [1.54, 1.807) is 36.4 Å². The Kier molecular flexibility index (Phi) is 2.26. The quantitative estimate of drug-likeness (QED) is 0.710. The van der Waals surface area contributed by atoms with Crippen molar-refractivity contribution in [2.24, 2.45) is 0 Å². The van der Waals surface area contributed by atoms with E-state index in [-0.39, 0.29) is 5.56 Å². The smallest absolute Gasteiger partial charge is 0.336 e. The molecule has 2 aliphatic heterocycles. The van der Waals surface area contributed by atoms with Gasteiger partial charge in [0.1, 0.15) is 5.69 Å². The second-order valence-corrected chi connectivity index (χ2v) is 3.75. The summed E-state index contributed by atoms with van der Waals surface area (Å²) in [7, 11) is 0. The third kappa shape index (κ3) is 1.60. The predicted molar refractivity (Wildman–Crippen MR) is 63.2 cm³/mol. The Morgan fingerprint density at radius 2 is 1.94 bits per heavy atom. The maximum atomic E-state index is 11.2. The number of aromatic carboxylic acids is 1. The van der Waals surface area contributed by atoms with Crippen molar-refractivity contribution in [2.75, 3.05) is 0 Å². The summed E-state index contributed by atoms with van der Waals surface area (Å²) in [5.41, 5.74) is 2.16. The van der Waals surface area contributed by atoms with E-state index < -0.39 is 5.97 Å². The normalized spacial score (nSPS) is 10.7. The number of carboxylic acid groups (broad SMARTS) is 1. The van der Waals surface area contributed by atoms with E-state index in [2.05, 4.69) is 20.4 Å². The van der Waals surface area contributed by atoms with Crippen LogP contribution in [0.3, 0.4) is 0 Å². The van der Waals surface area contributed by atoms with E-state index in [1.807, 2.05) is 0 Å². The summed E-state index contributed by atoms with van der Waals surface area (Å²) < 4.78 is 0. The number of pyridine rings is 1. The number of rotatable bonds is 2. The predicted octanol–water partition coefficient (Wildman–Crippen LogP) is 1.67. The Hall–Kier alpha value is -2.76. The van der Waals surface area contributed by atoms with Gasteiger partial charge in [0, 0.05) is 11.3 Å². The Labute approximate surface area is 102 Å². The van der Waals surface area contributed by atoms with E-state index in [4.69, 9.17) is 5.11 Å². The average Bonchev–Trinajstić information content (AvgIpc) is 2.85. The Bertz CT molecular complexity index is 692. The molecule has 6 heteroatoms. The van der Waals surface area contributed by atoms with Crippen LogP contribution < -0.4 is 0 Å². The number of aromatic amines is 1. The summed E-state index contributed by atoms with van der Waals surface area (Å²) in [6.45, 7) is 0. The minimum absolute atomic E-state index is 0.237. The zero-order valence-electron chi connectivity index (χ0n) is 9.16. The van der Waals surface area contributed by atoms with Crippen LogP contribution in [0.15, 0.2) is 36.4 Å². The number of nitrogens with one attached hydrogen (secondary N) is 1. The maximum Gasteiger partial charge on any atom is 0.336 e. The van der Waals surface area contributed by atoms with Gasteiger partial charge in [-0.1, -0.05) is 18.2 Å². The lowest BCUT2D eigenvalue weighted by Crippen LogP contribution is -2.00. The molecule has 0 amide bonds.